The Balaban J connectivity index is 1.89. The highest BCUT2D eigenvalue weighted by Crippen LogP contribution is 2.10. The molecule has 1 atom stereocenters. The Morgan fingerprint density at radius 1 is 0.944 bits per heavy atom. The monoisotopic (exact) mass is 256 g/mol. The van der Waals surface area contributed by atoms with Crippen LogP contribution in [0.4, 0.5) is 0 Å². The highest BCUT2D eigenvalue weighted by molar-refractivity contribution is 4.69. The van der Waals surface area contributed by atoms with E-state index in [2.05, 4.69) is 23.8 Å². The molecule has 0 aromatic carbocycles. The fourth-order valence-electron chi connectivity index (χ4n) is 2.55. The van der Waals surface area contributed by atoms with E-state index in [0.29, 0.717) is 0 Å². The third-order valence-corrected chi connectivity index (χ3v) is 4.00. The number of aliphatic hydroxyl groups excluding tert-OH is 1. The van der Waals surface area contributed by atoms with Gasteiger partial charge in [0.2, 0.25) is 0 Å². The summed E-state index contributed by atoms with van der Waals surface area (Å²) in [6, 6.07) is 0. The Labute approximate surface area is 113 Å². The largest absolute Gasteiger partial charge is 0.393 e. The highest BCUT2D eigenvalue weighted by atomic mass is 16.3. The molecular formula is C15H32N2O. The van der Waals surface area contributed by atoms with Gasteiger partial charge in [-0.3, -0.25) is 0 Å². The molecule has 1 heterocycles. The molecule has 108 valence electrons. The quantitative estimate of drug-likeness (QED) is 0.642. The number of nitrogens with zero attached hydrogens (tertiary/aromatic N) is 2. The molecule has 0 saturated carbocycles. The Bertz CT molecular complexity index is 191. The van der Waals surface area contributed by atoms with Gasteiger partial charge in [0.25, 0.3) is 0 Å². The van der Waals surface area contributed by atoms with Crippen LogP contribution in [0.5, 0.6) is 0 Å². The second-order valence-electron chi connectivity index (χ2n) is 5.79. The third-order valence-electron chi connectivity index (χ3n) is 4.00. The van der Waals surface area contributed by atoms with Crippen LogP contribution >= 0.6 is 0 Å². The molecule has 1 saturated heterocycles. The van der Waals surface area contributed by atoms with E-state index in [1.807, 2.05) is 0 Å². The summed E-state index contributed by atoms with van der Waals surface area (Å²) in [5.41, 5.74) is 0. The molecule has 0 unspecified atom stereocenters. The number of piperazine rings is 1. The molecule has 1 N–H and O–H groups in total. The molecule has 0 amide bonds. The predicted molar refractivity (Wildman–Crippen MR) is 77.9 cm³/mol. The highest BCUT2D eigenvalue weighted by Gasteiger charge is 2.12. The maximum atomic E-state index is 9.74. The number of aliphatic hydroxyl groups is 1. The minimum Gasteiger partial charge on any atom is -0.393 e. The molecule has 0 aromatic heterocycles. The normalized spacial score (nSPS) is 20.2. The Hall–Kier alpha value is -0.120. The van der Waals surface area contributed by atoms with Crippen LogP contribution in [-0.2, 0) is 0 Å². The van der Waals surface area contributed by atoms with Gasteiger partial charge in [-0.05, 0) is 32.9 Å². The number of rotatable bonds is 9. The predicted octanol–water partition coefficient (Wildman–Crippen LogP) is 2.35. The summed E-state index contributed by atoms with van der Waals surface area (Å²) in [6.45, 7) is 8.33. The van der Waals surface area contributed by atoms with E-state index in [9.17, 15) is 5.11 Å². The van der Waals surface area contributed by atoms with Crippen molar-refractivity contribution in [2.45, 2.75) is 58.0 Å². The van der Waals surface area contributed by atoms with Gasteiger partial charge in [-0.1, -0.05) is 32.6 Å². The van der Waals surface area contributed by atoms with Crippen LogP contribution in [0.3, 0.4) is 0 Å². The summed E-state index contributed by atoms with van der Waals surface area (Å²) in [5.74, 6) is 0. The summed E-state index contributed by atoms with van der Waals surface area (Å²) in [4.78, 5) is 4.98. The van der Waals surface area contributed by atoms with Crippen LogP contribution in [0.1, 0.15) is 51.9 Å². The summed E-state index contributed by atoms with van der Waals surface area (Å²) in [6.07, 6.45) is 8.08. The molecule has 1 rings (SSSR count). The lowest BCUT2D eigenvalue weighted by molar-refractivity contribution is 0.141. The zero-order valence-electron chi connectivity index (χ0n) is 12.4. The Morgan fingerprint density at radius 3 is 2.28 bits per heavy atom. The van der Waals surface area contributed by atoms with Crippen LogP contribution in [0.25, 0.3) is 0 Å². The maximum absolute atomic E-state index is 9.74. The number of likely N-dealkylation sites (N-methyl/N-ethyl adjacent to an activating group) is 1. The van der Waals surface area contributed by atoms with Gasteiger partial charge in [-0.25, -0.2) is 0 Å². The lowest BCUT2D eigenvalue weighted by Gasteiger charge is -2.32. The average molecular weight is 256 g/mol. The summed E-state index contributed by atoms with van der Waals surface area (Å²) in [5, 5.41) is 9.74. The van der Waals surface area contributed by atoms with E-state index >= 15 is 0 Å². The number of unbranched alkanes of at least 4 members (excludes halogenated alkanes) is 3. The van der Waals surface area contributed by atoms with Crippen LogP contribution in [0.15, 0.2) is 0 Å². The lowest BCUT2D eigenvalue weighted by atomic mass is 10.1. The van der Waals surface area contributed by atoms with Gasteiger partial charge in [0.1, 0.15) is 0 Å². The van der Waals surface area contributed by atoms with E-state index in [-0.39, 0.29) is 6.10 Å². The smallest absolute Gasteiger partial charge is 0.0540 e. The van der Waals surface area contributed by atoms with Crippen LogP contribution in [0, 0.1) is 0 Å². The molecule has 0 aliphatic carbocycles. The molecule has 3 nitrogen and oxygen atoms in total. The van der Waals surface area contributed by atoms with Gasteiger partial charge in [0.15, 0.2) is 0 Å². The summed E-state index contributed by atoms with van der Waals surface area (Å²) in [7, 11) is 2.20. The minimum atomic E-state index is -0.0476. The van der Waals surface area contributed by atoms with Gasteiger partial charge in [-0.15, -0.1) is 0 Å². The summed E-state index contributed by atoms with van der Waals surface area (Å²) >= 11 is 0. The first-order chi connectivity index (χ1) is 8.72. The molecule has 1 aliphatic rings. The molecule has 0 spiro atoms. The zero-order valence-corrected chi connectivity index (χ0v) is 12.4. The van der Waals surface area contributed by atoms with Gasteiger partial charge < -0.3 is 14.9 Å². The zero-order chi connectivity index (χ0) is 13.2. The van der Waals surface area contributed by atoms with Crippen LogP contribution in [0.2, 0.25) is 0 Å². The molecule has 0 bridgehead atoms. The number of hydrogen-bond donors (Lipinski definition) is 1. The first-order valence-corrected chi connectivity index (χ1v) is 7.81. The fraction of sp³-hybridized carbons (Fsp3) is 1.00. The maximum Gasteiger partial charge on any atom is 0.0540 e. The van der Waals surface area contributed by atoms with Crippen molar-refractivity contribution in [2.24, 2.45) is 0 Å². The SMILES string of the molecule is CCCC[C@@H](O)CCCCCN1CCN(C)CC1. The van der Waals surface area contributed by atoms with Crippen molar-refractivity contribution in [3.8, 4) is 0 Å². The minimum absolute atomic E-state index is 0.0476. The van der Waals surface area contributed by atoms with Crippen molar-refractivity contribution < 1.29 is 5.11 Å². The van der Waals surface area contributed by atoms with Gasteiger partial charge in [-0.2, -0.15) is 0 Å². The molecule has 0 aromatic rings. The first kappa shape index (κ1) is 15.9. The lowest BCUT2D eigenvalue weighted by Crippen LogP contribution is -2.44. The van der Waals surface area contributed by atoms with E-state index in [1.165, 1.54) is 64.8 Å². The number of hydrogen-bond acceptors (Lipinski definition) is 3. The first-order valence-electron chi connectivity index (χ1n) is 7.81. The van der Waals surface area contributed by atoms with Crippen molar-refractivity contribution in [3.63, 3.8) is 0 Å². The third kappa shape index (κ3) is 7.34. The Kier molecular flexibility index (Phi) is 8.64. The molecule has 18 heavy (non-hydrogen) atoms. The van der Waals surface area contributed by atoms with E-state index in [1.54, 1.807) is 0 Å². The van der Waals surface area contributed by atoms with E-state index in [0.717, 1.165) is 12.8 Å². The van der Waals surface area contributed by atoms with Crippen molar-refractivity contribution in [2.75, 3.05) is 39.8 Å². The van der Waals surface area contributed by atoms with Crippen LogP contribution in [-0.4, -0.2) is 60.8 Å². The van der Waals surface area contributed by atoms with Crippen molar-refractivity contribution >= 4 is 0 Å². The van der Waals surface area contributed by atoms with Crippen molar-refractivity contribution in [1.82, 2.24) is 9.80 Å². The standard InChI is InChI=1S/C15H32N2O/c1-3-4-8-15(18)9-6-5-7-10-17-13-11-16(2)12-14-17/h15,18H,3-14H2,1-2H3/t15-/m1/s1. The topological polar surface area (TPSA) is 26.7 Å². The van der Waals surface area contributed by atoms with Gasteiger partial charge >= 0.3 is 0 Å². The summed E-state index contributed by atoms with van der Waals surface area (Å²) < 4.78 is 0. The van der Waals surface area contributed by atoms with Crippen molar-refractivity contribution in [3.05, 3.63) is 0 Å². The molecule has 1 aliphatic heterocycles. The Morgan fingerprint density at radius 2 is 1.61 bits per heavy atom. The average Bonchev–Trinajstić information content (AvgIpc) is 2.38. The molecular weight excluding hydrogens is 224 g/mol. The molecule has 1 fully saturated rings. The van der Waals surface area contributed by atoms with Crippen LogP contribution < -0.4 is 0 Å². The molecule has 3 heteroatoms. The van der Waals surface area contributed by atoms with Gasteiger partial charge in [0.05, 0.1) is 6.10 Å². The second kappa shape index (κ2) is 9.76. The fourth-order valence-corrected chi connectivity index (χ4v) is 2.55. The molecule has 0 radical (unpaired) electrons. The van der Waals surface area contributed by atoms with Gasteiger partial charge in [0, 0.05) is 26.2 Å². The van der Waals surface area contributed by atoms with E-state index in [4.69, 9.17) is 0 Å². The van der Waals surface area contributed by atoms with E-state index < -0.39 is 0 Å². The van der Waals surface area contributed by atoms with Crippen molar-refractivity contribution in [1.29, 1.82) is 0 Å². The second-order valence-corrected chi connectivity index (χ2v) is 5.79.